The molecule has 0 bridgehead atoms. The van der Waals surface area contributed by atoms with E-state index in [-0.39, 0.29) is 18.4 Å². The largest absolute Gasteiger partial charge is 0.486 e. The van der Waals surface area contributed by atoms with Crippen molar-refractivity contribution >= 4 is 34.9 Å². The summed E-state index contributed by atoms with van der Waals surface area (Å²) in [5, 5.41) is 6.26. The molecule has 9 heteroatoms. The minimum absolute atomic E-state index is 0.0230. The van der Waals surface area contributed by atoms with Gasteiger partial charge in [0.05, 0.1) is 12.1 Å². The molecule has 1 aromatic heterocycles. The zero-order valence-electron chi connectivity index (χ0n) is 18.0. The monoisotopic (exact) mass is 465 g/mol. The van der Waals surface area contributed by atoms with Crippen molar-refractivity contribution in [2.75, 3.05) is 13.1 Å². The fourth-order valence-electron chi connectivity index (χ4n) is 3.19. The van der Waals surface area contributed by atoms with Crippen molar-refractivity contribution in [2.24, 2.45) is 0 Å². The number of thiazole rings is 1. The number of likely N-dealkylation sites (tertiary alicyclic amines) is 1. The lowest BCUT2D eigenvalue weighted by Crippen LogP contribution is -2.48. The summed E-state index contributed by atoms with van der Waals surface area (Å²) in [6.07, 6.45) is 1.28. The van der Waals surface area contributed by atoms with E-state index in [0.29, 0.717) is 37.6 Å². The Morgan fingerprint density at radius 3 is 2.55 bits per heavy atom. The van der Waals surface area contributed by atoms with E-state index < -0.39 is 11.7 Å². The molecular formula is C22H28ClN3O4S. The van der Waals surface area contributed by atoms with Crippen molar-refractivity contribution in [3.8, 4) is 5.75 Å². The topological polar surface area (TPSA) is 80.8 Å². The van der Waals surface area contributed by atoms with Crippen molar-refractivity contribution in [1.29, 1.82) is 0 Å². The van der Waals surface area contributed by atoms with Crippen LogP contribution in [0.5, 0.6) is 5.75 Å². The molecule has 2 aromatic rings. The van der Waals surface area contributed by atoms with Gasteiger partial charge in [-0.25, -0.2) is 9.78 Å². The average Bonchev–Trinajstić information content (AvgIpc) is 3.14. The maximum atomic E-state index is 12.6. The van der Waals surface area contributed by atoms with Crippen LogP contribution in [0.3, 0.4) is 0 Å². The summed E-state index contributed by atoms with van der Waals surface area (Å²) in [5.41, 5.74) is 0.228. The molecule has 7 nitrogen and oxygen atoms in total. The van der Waals surface area contributed by atoms with E-state index >= 15 is 0 Å². The normalized spacial score (nSPS) is 14.9. The lowest BCUT2D eigenvalue weighted by Gasteiger charge is -2.32. The van der Waals surface area contributed by atoms with Crippen molar-refractivity contribution in [1.82, 2.24) is 15.2 Å². The quantitative estimate of drug-likeness (QED) is 0.682. The van der Waals surface area contributed by atoms with E-state index in [4.69, 9.17) is 21.1 Å². The number of ether oxygens (including phenoxy) is 2. The van der Waals surface area contributed by atoms with Crippen molar-refractivity contribution in [3.05, 3.63) is 45.4 Å². The highest BCUT2D eigenvalue weighted by atomic mass is 35.5. The van der Waals surface area contributed by atoms with Gasteiger partial charge in [-0.1, -0.05) is 11.6 Å². The molecule has 0 spiro atoms. The number of hydrogen-bond acceptors (Lipinski definition) is 6. The van der Waals surface area contributed by atoms with Crippen LogP contribution in [0, 0.1) is 0 Å². The second-order valence-electron chi connectivity index (χ2n) is 8.45. The van der Waals surface area contributed by atoms with Crippen molar-refractivity contribution in [3.63, 3.8) is 0 Å². The minimum atomic E-state index is -0.521. The van der Waals surface area contributed by atoms with E-state index in [9.17, 15) is 9.59 Å². The van der Waals surface area contributed by atoms with Gasteiger partial charge in [0.1, 0.15) is 23.0 Å². The minimum Gasteiger partial charge on any atom is -0.486 e. The highest BCUT2D eigenvalue weighted by Crippen LogP contribution is 2.19. The number of piperidine rings is 1. The molecule has 0 saturated carbocycles. The maximum Gasteiger partial charge on any atom is 0.407 e. The Labute approximate surface area is 191 Å². The van der Waals surface area contributed by atoms with Crippen LogP contribution in [0.15, 0.2) is 29.6 Å². The summed E-state index contributed by atoms with van der Waals surface area (Å²) in [6, 6.07) is 7.18. The number of alkyl carbamates (subject to hydrolysis) is 1. The second kappa shape index (κ2) is 10.3. The lowest BCUT2D eigenvalue weighted by molar-refractivity contribution is -0.131. The average molecular weight is 466 g/mol. The first kappa shape index (κ1) is 23.3. The van der Waals surface area contributed by atoms with Gasteiger partial charge in [0.2, 0.25) is 5.91 Å². The fraction of sp³-hybridized carbons (Fsp3) is 0.500. The first-order valence-electron chi connectivity index (χ1n) is 10.3. The van der Waals surface area contributed by atoms with Gasteiger partial charge in [0.15, 0.2) is 0 Å². The van der Waals surface area contributed by atoms with Gasteiger partial charge in [0, 0.05) is 29.5 Å². The Kier molecular flexibility index (Phi) is 7.78. The number of carbonyl (C=O) groups excluding carboxylic acids is 2. The molecule has 0 aliphatic carbocycles. The number of amides is 2. The van der Waals surface area contributed by atoms with Gasteiger partial charge >= 0.3 is 6.09 Å². The number of carbonyl (C=O) groups is 2. The molecule has 31 heavy (non-hydrogen) atoms. The zero-order chi connectivity index (χ0) is 22.4. The number of aromatic nitrogens is 1. The van der Waals surface area contributed by atoms with Crippen LogP contribution in [0.2, 0.25) is 5.02 Å². The van der Waals surface area contributed by atoms with Crippen molar-refractivity contribution in [2.45, 2.75) is 58.3 Å². The van der Waals surface area contributed by atoms with E-state index in [1.807, 2.05) is 43.2 Å². The predicted octanol–water partition coefficient (Wildman–Crippen LogP) is 4.43. The zero-order valence-corrected chi connectivity index (χ0v) is 19.6. The molecule has 1 N–H and O–H groups in total. The SMILES string of the molecule is CC(C)(C)OC(=O)NC1CCN(C(=O)Cc2csc(COc3ccc(Cl)cc3)n2)CC1. The predicted molar refractivity (Wildman–Crippen MR) is 121 cm³/mol. The Morgan fingerprint density at radius 2 is 1.90 bits per heavy atom. The summed E-state index contributed by atoms with van der Waals surface area (Å²) >= 11 is 7.35. The molecule has 1 saturated heterocycles. The molecule has 0 unspecified atom stereocenters. The molecule has 0 radical (unpaired) electrons. The Hall–Kier alpha value is -2.32. The third-order valence-electron chi connectivity index (χ3n) is 4.68. The summed E-state index contributed by atoms with van der Waals surface area (Å²) in [5.74, 6) is 0.770. The summed E-state index contributed by atoms with van der Waals surface area (Å²) in [6.45, 7) is 7.07. The Balaban J connectivity index is 1.41. The molecule has 1 fully saturated rings. The third kappa shape index (κ3) is 7.70. The highest BCUT2D eigenvalue weighted by molar-refractivity contribution is 7.09. The summed E-state index contributed by atoms with van der Waals surface area (Å²) in [7, 11) is 0. The lowest BCUT2D eigenvalue weighted by atomic mass is 10.0. The number of hydrogen-bond donors (Lipinski definition) is 1. The molecule has 1 aromatic carbocycles. The smallest absolute Gasteiger partial charge is 0.407 e. The second-order valence-corrected chi connectivity index (χ2v) is 9.83. The molecule has 1 aliphatic rings. The third-order valence-corrected chi connectivity index (χ3v) is 5.80. The van der Waals surface area contributed by atoms with Gasteiger partial charge in [0.25, 0.3) is 0 Å². The first-order chi connectivity index (χ1) is 14.7. The van der Waals surface area contributed by atoms with Crippen LogP contribution < -0.4 is 10.1 Å². The number of benzene rings is 1. The maximum absolute atomic E-state index is 12.6. The van der Waals surface area contributed by atoms with Gasteiger partial charge in [-0.3, -0.25) is 4.79 Å². The van der Waals surface area contributed by atoms with Gasteiger partial charge < -0.3 is 19.7 Å². The van der Waals surface area contributed by atoms with Crippen LogP contribution in [0.4, 0.5) is 4.79 Å². The van der Waals surface area contributed by atoms with Crippen molar-refractivity contribution < 1.29 is 19.1 Å². The van der Waals surface area contributed by atoms with Crippen LogP contribution in [0.1, 0.15) is 44.3 Å². The Morgan fingerprint density at radius 1 is 1.23 bits per heavy atom. The Bertz CT molecular complexity index is 887. The molecule has 0 atom stereocenters. The first-order valence-corrected chi connectivity index (χ1v) is 11.5. The summed E-state index contributed by atoms with van der Waals surface area (Å²) < 4.78 is 11.0. The van der Waals surface area contributed by atoms with Crippen LogP contribution in [-0.4, -0.2) is 46.6 Å². The van der Waals surface area contributed by atoms with E-state index in [0.717, 1.165) is 16.5 Å². The molecule has 2 amide bonds. The van der Waals surface area contributed by atoms with Crippen LogP contribution in [-0.2, 0) is 22.6 Å². The number of rotatable bonds is 6. The van der Waals surface area contributed by atoms with Crippen LogP contribution >= 0.6 is 22.9 Å². The molecule has 168 valence electrons. The van der Waals surface area contributed by atoms with Crippen LogP contribution in [0.25, 0.3) is 0 Å². The number of halogens is 1. The van der Waals surface area contributed by atoms with E-state index in [2.05, 4.69) is 10.3 Å². The highest BCUT2D eigenvalue weighted by Gasteiger charge is 2.26. The van der Waals surface area contributed by atoms with Gasteiger partial charge in [-0.15, -0.1) is 11.3 Å². The molecule has 1 aliphatic heterocycles. The molecule has 3 rings (SSSR count). The van der Waals surface area contributed by atoms with E-state index in [1.54, 1.807) is 12.1 Å². The van der Waals surface area contributed by atoms with Gasteiger partial charge in [-0.05, 0) is 57.9 Å². The fourth-order valence-corrected chi connectivity index (χ4v) is 4.02. The van der Waals surface area contributed by atoms with Gasteiger partial charge in [-0.2, -0.15) is 0 Å². The number of nitrogens with one attached hydrogen (secondary N) is 1. The van der Waals surface area contributed by atoms with E-state index in [1.165, 1.54) is 11.3 Å². The summed E-state index contributed by atoms with van der Waals surface area (Å²) in [4.78, 5) is 30.9. The molecule has 2 heterocycles. The number of nitrogens with zero attached hydrogens (tertiary/aromatic N) is 2. The molecular weight excluding hydrogens is 438 g/mol. The standard InChI is InChI=1S/C22H28ClN3O4S/c1-22(2,3)30-21(28)25-16-8-10-26(11-9-16)20(27)12-17-14-31-19(24-17)13-29-18-6-4-15(23)5-7-18/h4-7,14,16H,8-13H2,1-3H3,(H,25,28).